The standard InChI is InChI=1S/C16H22N4OS/c1-12(15(21)17-11-13-7-3-2-4-8-13)22-16-19-18-14-9-5-6-10-20(14)16/h5-6,9-10,12-13H,2-4,7-8,11H2,1H3,(H,17,21). The summed E-state index contributed by atoms with van der Waals surface area (Å²) in [4.78, 5) is 12.3. The van der Waals surface area contributed by atoms with Gasteiger partial charge in [-0.25, -0.2) is 0 Å². The van der Waals surface area contributed by atoms with Gasteiger partial charge in [-0.3, -0.25) is 9.20 Å². The highest BCUT2D eigenvalue weighted by Crippen LogP contribution is 2.24. The third-order valence-electron chi connectivity index (χ3n) is 4.22. The van der Waals surface area contributed by atoms with E-state index in [1.165, 1.54) is 43.9 Å². The van der Waals surface area contributed by atoms with E-state index in [1.807, 2.05) is 35.7 Å². The minimum Gasteiger partial charge on any atom is -0.355 e. The Hall–Kier alpha value is -1.56. The van der Waals surface area contributed by atoms with Crippen molar-refractivity contribution in [1.82, 2.24) is 19.9 Å². The van der Waals surface area contributed by atoms with Gasteiger partial charge in [0.1, 0.15) is 0 Å². The summed E-state index contributed by atoms with van der Waals surface area (Å²) < 4.78 is 1.91. The SMILES string of the molecule is CC(Sc1nnc2ccccn12)C(=O)NCC1CCCCC1. The van der Waals surface area contributed by atoms with Gasteiger partial charge in [0.05, 0.1) is 5.25 Å². The normalized spacial score (nSPS) is 17.5. The van der Waals surface area contributed by atoms with Crippen molar-refractivity contribution < 1.29 is 4.79 Å². The van der Waals surface area contributed by atoms with E-state index in [4.69, 9.17) is 0 Å². The fourth-order valence-corrected chi connectivity index (χ4v) is 3.75. The molecule has 3 rings (SSSR count). The molecule has 2 aromatic heterocycles. The molecule has 1 aliphatic rings. The van der Waals surface area contributed by atoms with Crippen molar-refractivity contribution in [2.75, 3.05) is 6.54 Å². The smallest absolute Gasteiger partial charge is 0.233 e. The maximum atomic E-state index is 12.3. The zero-order valence-electron chi connectivity index (χ0n) is 12.9. The lowest BCUT2D eigenvalue weighted by atomic mass is 9.89. The highest BCUT2D eigenvalue weighted by atomic mass is 32.2. The molecule has 1 unspecified atom stereocenters. The van der Waals surface area contributed by atoms with Crippen LogP contribution in [0.3, 0.4) is 0 Å². The average molecular weight is 318 g/mol. The Balaban J connectivity index is 1.54. The third-order valence-corrected chi connectivity index (χ3v) is 5.28. The zero-order chi connectivity index (χ0) is 15.4. The van der Waals surface area contributed by atoms with Gasteiger partial charge in [-0.05, 0) is 37.8 Å². The molecule has 0 bridgehead atoms. The van der Waals surface area contributed by atoms with Crippen molar-refractivity contribution in [2.45, 2.75) is 49.4 Å². The molecule has 1 amide bonds. The number of amides is 1. The molecule has 0 aliphatic heterocycles. The Morgan fingerprint density at radius 3 is 3.00 bits per heavy atom. The van der Waals surface area contributed by atoms with Crippen LogP contribution in [0.4, 0.5) is 0 Å². The maximum absolute atomic E-state index is 12.3. The molecule has 118 valence electrons. The van der Waals surface area contributed by atoms with Gasteiger partial charge in [-0.1, -0.05) is 37.1 Å². The summed E-state index contributed by atoms with van der Waals surface area (Å²) in [5.41, 5.74) is 0.805. The van der Waals surface area contributed by atoms with Gasteiger partial charge in [-0.15, -0.1) is 10.2 Å². The highest BCUT2D eigenvalue weighted by Gasteiger charge is 2.19. The number of carbonyl (C=O) groups excluding carboxylic acids is 1. The Kier molecular flexibility index (Phi) is 4.97. The van der Waals surface area contributed by atoms with E-state index >= 15 is 0 Å². The number of thioether (sulfide) groups is 1. The van der Waals surface area contributed by atoms with Crippen LogP contribution < -0.4 is 5.32 Å². The highest BCUT2D eigenvalue weighted by molar-refractivity contribution is 8.00. The number of fused-ring (bicyclic) bond motifs is 1. The number of pyridine rings is 1. The third kappa shape index (κ3) is 3.61. The maximum Gasteiger partial charge on any atom is 0.233 e. The van der Waals surface area contributed by atoms with Crippen LogP contribution in [-0.2, 0) is 4.79 Å². The molecule has 1 atom stereocenters. The van der Waals surface area contributed by atoms with Crippen LogP contribution in [0.2, 0.25) is 0 Å². The number of rotatable bonds is 5. The summed E-state index contributed by atoms with van der Waals surface area (Å²) in [6.07, 6.45) is 8.36. The first kappa shape index (κ1) is 15.3. The summed E-state index contributed by atoms with van der Waals surface area (Å²) in [7, 11) is 0. The van der Waals surface area contributed by atoms with Gasteiger partial charge in [0.25, 0.3) is 0 Å². The summed E-state index contributed by atoms with van der Waals surface area (Å²) in [5.74, 6) is 0.743. The minimum absolute atomic E-state index is 0.0863. The molecule has 0 saturated heterocycles. The summed E-state index contributed by atoms with van der Waals surface area (Å²) in [6.45, 7) is 2.73. The van der Waals surface area contributed by atoms with Crippen molar-refractivity contribution >= 4 is 23.3 Å². The largest absolute Gasteiger partial charge is 0.355 e. The lowest BCUT2D eigenvalue weighted by molar-refractivity contribution is -0.120. The van der Waals surface area contributed by atoms with Gasteiger partial charge >= 0.3 is 0 Å². The molecular weight excluding hydrogens is 296 g/mol. The van der Waals surface area contributed by atoms with Crippen molar-refractivity contribution in [3.8, 4) is 0 Å². The van der Waals surface area contributed by atoms with Crippen LogP contribution in [0.25, 0.3) is 5.65 Å². The molecule has 0 aromatic carbocycles. The van der Waals surface area contributed by atoms with E-state index in [0.29, 0.717) is 5.92 Å². The van der Waals surface area contributed by atoms with E-state index in [9.17, 15) is 4.79 Å². The van der Waals surface area contributed by atoms with Crippen LogP contribution in [0.1, 0.15) is 39.0 Å². The van der Waals surface area contributed by atoms with Crippen molar-refractivity contribution in [3.05, 3.63) is 24.4 Å². The molecule has 1 saturated carbocycles. The summed E-state index contributed by atoms with van der Waals surface area (Å²) >= 11 is 1.45. The number of nitrogens with zero attached hydrogens (tertiary/aromatic N) is 3. The predicted octanol–water partition coefficient (Wildman–Crippen LogP) is 2.91. The van der Waals surface area contributed by atoms with Crippen molar-refractivity contribution in [1.29, 1.82) is 0 Å². The molecule has 1 N–H and O–H groups in total. The van der Waals surface area contributed by atoms with Gasteiger partial charge in [-0.2, -0.15) is 0 Å². The first-order valence-electron chi connectivity index (χ1n) is 7.98. The number of hydrogen-bond donors (Lipinski definition) is 1. The lowest BCUT2D eigenvalue weighted by Gasteiger charge is -2.22. The zero-order valence-corrected chi connectivity index (χ0v) is 13.7. The second-order valence-corrected chi connectivity index (χ2v) is 7.23. The minimum atomic E-state index is -0.170. The molecule has 1 fully saturated rings. The van der Waals surface area contributed by atoms with Crippen molar-refractivity contribution in [2.24, 2.45) is 5.92 Å². The van der Waals surface area contributed by atoms with Crippen molar-refractivity contribution in [3.63, 3.8) is 0 Å². The van der Waals surface area contributed by atoms with Crippen LogP contribution in [0.5, 0.6) is 0 Å². The predicted molar refractivity (Wildman–Crippen MR) is 87.9 cm³/mol. The second-order valence-electron chi connectivity index (χ2n) is 5.92. The first-order chi connectivity index (χ1) is 10.7. The number of hydrogen-bond acceptors (Lipinski definition) is 4. The van der Waals surface area contributed by atoms with E-state index in [1.54, 1.807) is 0 Å². The van der Waals surface area contributed by atoms with Crippen LogP contribution in [0, 0.1) is 5.92 Å². The van der Waals surface area contributed by atoms with Gasteiger partial charge in [0, 0.05) is 12.7 Å². The van der Waals surface area contributed by atoms with Gasteiger partial charge in [0.2, 0.25) is 5.91 Å². The first-order valence-corrected chi connectivity index (χ1v) is 8.86. The Morgan fingerprint density at radius 2 is 2.18 bits per heavy atom. The number of aromatic nitrogens is 3. The van der Waals surface area contributed by atoms with E-state index in [0.717, 1.165) is 17.3 Å². The number of carbonyl (C=O) groups is 1. The molecule has 5 nitrogen and oxygen atoms in total. The lowest BCUT2D eigenvalue weighted by Crippen LogP contribution is -2.35. The monoisotopic (exact) mass is 318 g/mol. The molecule has 22 heavy (non-hydrogen) atoms. The van der Waals surface area contributed by atoms with Gasteiger partial charge in [0.15, 0.2) is 10.8 Å². The summed E-state index contributed by atoms with van der Waals surface area (Å²) in [6, 6.07) is 5.78. The summed E-state index contributed by atoms with van der Waals surface area (Å²) in [5, 5.41) is 12.0. The van der Waals surface area contributed by atoms with Gasteiger partial charge < -0.3 is 5.32 Å². The molecule has 1 aliphatic carbocycles. The second kappa shape index (κ2) is 7.13. The molecule has 0 radical (unpaired) electrons. The fourth-order valence-electron chi connectivity index (χ4n) is 2.89. The molecule has 0 spiro atoms. The van der Waals surface area contributed by atoms with E-state index < -0.39 is 0 Å². The fraction of sp³-hybridized carbons (Fsp3) is 0.562. The Bertz CT molecular complexity index is 636. The van der Waals surface area contributed by atoms with E-state index in [2.05, 4.69) is 15.5 Å². The Labute approximate surface area is 134 Å². The van der Waals surface area contributed by atoms with E-state index in [-0.39, 0.29) is 11.2 Å². The van der Waals surface area contributed by atoms with Crippen LogP contribution in [0.15, 0.2) is 29.6 Å². The quantitative estimate of drug-likeness (QED) is 0.861. The Morgan fingerprint density at radius 1 is 1.36 bits per heavy atom. The molecule has 2 aromatic rings. The number of nitrogens with one attached hydrogen (secondary N) is 1. The van der Waals surface area contributed by atoms with Crippen LogP contribution >= 0.6 is 11.8 Å². The molecule has 6 heteroatoms. The van der Waals surface area contributed by atoms with Crippen LogP contribution in [-0.4, -0.2) is 32.3 Å². The average Bonchev–Trinajstić information content (AvgIpc) is 2.97. The topological polar surface area (TPSA) is 59.3 Å². The molecular formula is C16H22N4OS. The molecule has 2 heterocycles.